The van der Waals surface area contributed by atoms with E-state index in [0.717, 1.165) is 18.8 Å². The predicted molar refractivity (Wildman–Crippen MR) is 76.6 cm³/mol. The maximum atomic E-state index is 12.8. The number of carbonyl (C=O) groups is 1. The number of ketones is 1. The number of nitrogens with zero attached hydrogens (tertiary/aromatic N) is 1. The molecule has 0 aliphatic carbocycles. The van der Waals surface area contributed by atoms with Crippen LogP contribution >= 0.6 is 0 Å². The predicted octanol–water partition coefficient (Wildman–Crippen LogP) is 2.51. The van der Waals surface area contributed by atoms with Gasteiger partial charge in [-0.15, -0.1) is 0 Å². The molecule has 0 unspecified atom stereocenters. The third-order valence-electron chi connectivity index (χ3n) is 4.26. The van der Waals surface area contributed by atoms with Crippen molar-refractivity contribution in [3.63, 3.8) is 0 Å². The van der Waals surface area contributed by atoms with E-state index in [1.807, 2.05) is 32.0 Å². The molecule has 0 N–H and O–H groups in total. The Hall–Kier alpha value is -1.55. The Kier molecular flexibility index (Phi) is 3.42. The fourth-order valence-corrected chi connectivity index (χ4v) is 2.96. The SMILES string of the molecule is CC(C)(C(=O)c1ccc2c(c1)OCCO2)N1CCCC1. The van der Waals surface area contributed by atoms with E-state index >= 15 is 0 Å². The smallest absolute Gasteiger partial charge is 0.182 e. The van der Waals surface area contributed by atoms with Crippen molar-refractivity contribution in [3.8, 4) is 11.5 Å². The average Bonchev–Trinajstić information content (AvgIpc) is 3.01. The molecule has 4 nitrogen and oxygen atoms in total. The summed E-state index contributed by atoms with van der Waals surface area (Å²) in [5.41, 5.74) is 0.242. The summed E-state index contributed by atoms with van der Waals surface area (Å²) in [6.45, 7) is 7.14. The third-order valence-corrected chi connectivity index (χ3v) is 4.26. The molecule has 2 aliphatic heterocycles. The minimum absolute atomic E-state index is 0.149. The number of hydrogen-bond donors (Lipinski definition) is 0. The number of hydrogen-bond acceptors (Lipinski definition) is 4. The molecule has 1 saturated heterocycles. The average molecular weight is 275 g/mol. The van der Waals surface area contributed by atoms with Gasteiger partial charge in [-0.1, -0.05) is 0 Å². The molecule has 0 atom stereocenters. The molecule has 2 heterocycles. The van der Waals surface area contributed by atoms with Crippen molar-refractivity contribution in [2.24, 2.45) is 0 Å². The summed E-state index contributed by atoms with van der Waals surface area (Å²) in [6, 6.07) is 5.49. The van der Waals surface area contributed by atoms with Gasteiger partial charge in [0.1, 0.15) is 13.2 Å². The first-order valence-corrected chi connectivity index (χ1v) is 7.28. The molecular weight excluding hydrogens is 254 g/mol. The molecule has 0 spiro atoms. The molecular formula is C16H21NO3. The summed E-state index contributed by atoms with van der Waals surface area (Å²) in [4.78, 5) is 15.1. The van der Waals surface area contributed by atoms with Gasteiger partial charge < -0.3 is 9.47 Å². The molecule has 20 heavy (non-hydrogen) atoms. The molecule has 4 heteroatoms. The van der Waals surface area contributed by atoms with Gasteiger partial charge in [0.2, 0.25) is 0 Å². The Labute approximate surface area is 119 Å². The van der Waals surface area contributed by atoms with E-state index in [-0.39, 0.29) is 5.78 Å². The topological polar surface area (TPSA) is 38.8 Å². The van der Waals surface area contributed by atoms with Gasteiger partial charge in [-0.2, -0.15) is 0 Å². The van der Waals surface area contributed by atoms with E-state index < -0.39 is 5.54 Å². The van der Waals surface area contributed by atoms with Crippen LogP contribution in [0.1, 0.15) is 37.0 Å². The first-order valence-electron chi connectivity index (χ1n) is 7.28. The second-order valence-corrected chi connectivity index (χ2v) is 5.94. The highest BCUT2D eigenvalue weighted by Crippen LogP contribution is 2.33. The van der Waals surface area contributed by atoms with Crippen LogP contribution in [0.2, 0.25) is 0 Å². The van der Waals surface area contributed by atoms with Gasteiger partial charge in [0, 0.05) is 5.56 Å². The van der Waals surface area contributed by atoms with Crippen LogP contribution < -0.4 is 9.47 Å². The van der Waals surface area contributed by atoms with Gasteiger partial charge in [-0.05, 0) is 58.0 Å². The number of Topliss-reactive ketones (excluding diaryl/α,β-unsaturated/α-hetero) is 1. The summed E-state index contributed by atoms with van der Waals surface area (Å²) in [6.07, 6.45) is 2.36. The van der Waals surface area contributed by atoms with E-state index in [9.17, 15) is 4.79 Å². The zero-order valence-corrected chi connectivity index (χ0v) is 12.1. The molecule has 1 fully saturated rings. The minimum Gasteiger partial charge on any atom is -0.486 e. The molecule has 0 amide bonds. The zero-order chi connectivity index (χ0) is 14.2. The number of ether oxygens (including phenoxy) is 2. The molecule has 108 valence electrons. The number of rotatable bonds is 3. The van der Waals surface area contributed by atoms with Gasteiger partial charge in [0.15, 0.2) is 17.3 Å². The van der Waals surface area contributed by atoms with Crippen LogP contribution in [0.5, 0.6) is 11.5 Å². The second-order valence-electron chi connectivity index (χ2n) is 5.94. The highest BCUT2D eigenvalue weighted by molar-refractivity contribution is 6.03. The summed E-state index contributed by atoms with van der Waals surface area (Å²) in [5.74, 6) is 1.56. The van der Waals surface area contributed by atoms with Gasteiger partial charge in [-0.25, -0.2) is 0 Å². The standard InChI is InChI=1S/C16H21NO3/c1-16(2,17-7-3-4-8-17)15(18)12-5-6-13-14(11-12)20-10-9-19-13/h5-6,11H,3-4,7-10H2,1-2H3. The molecule has 0 aromatic heterocycles. The highest BCUT2D eigenvalue weighted by Gasteiger charge is 2.36. The minimum atomic E-state index is -0.458. The zero-order valence-electron chi connectivity index (χ0n) is 12.1. The van der Waals surface area contributed by atoms with Gasteiger partial charge in [-0.3, -0.25) is 9.69 Å². The maximum absolute atomic E-state index is 12.8. The normalized spacial score (nSPS) is 19.1. The Bertz CT molecular complexity index is 518. The van der Waals surface area contributed by atoms with Gasteiger partial charge >= 0.3 is 0 Å². The van der Waals surface area contributed by atoms with E-state index in [1.165, 1.54) is 12.8 Å². The number of fused-ring (bicyclic) bond motifs is 1. The lowest BCUT2D eigenvalue weighted by Gasteiger charge is -2.34. The second kappa shape index (κ2) is 5.09. The van der Waals surface area contributed by atoms with Gasteiger partial charge in [0.25, 0.3) is 0 Å². The van der Waals surface area contributed by atoms with Crippen molar-refractivity contribution in [1.29, 1.82) is 0 Å². The van der Waals surface area contributed by atoms with Crippen LogP contribution in [-0.4, -0.2) is 42.5 Å². The molecule has 1 aromatic rings. The summed E-state index contributed by atoms with van der Waals surface area (Å²) < 4.78 is 11.1. The summed E-state index contributed by atoms with van der Waals surface area (Å²) >= 11 is 0. The van der Waals surface area contributed by atoms with Crippen molar-refractivity contribution < 1.29 is 14.3 Å². The van der Waals surface area contributed by atoms with Crippen molar-refractivity contribution in [2.45, 2.75) is 32.2 Å². The van der Waals surface area contributed by atoms with Gasteiger partial charge in [0.05, 0.1) is 5.54 Å². The lowest BCUT2D eigenvalue weighted by Crippen LogP contribution is -2.48. The van der Waals surface area contributed by atoms with Crippen LogP contribution in [0.4, 0.5) is 0 Å². The van der Waals surface area contributed by atoms with Crippen LogP contribution in [0.25, 0.3) is 0 Å². The summed E-state index contributed by atoms with van der Waals surface area (Å²) in [5, 5.41) is 0. The maximum Gasteiger partial charge on any atom is 0.182 e. The molecule has 0 bridgehead atoms. The lowest BCUT2D eigenvalue weighted by atomic mass is 9.91. The number of likely N-dealkylation sites (tertiary alicyclic amines) is 1. The van der Waals surface area contributed by atoms with E-state index in [4.69, 9.17) is 9.47 Å². The third kappa shape index (κ3) is 2.29. The molecule has 2 aliphatic rings. The molecule has 0 radical (unpaired) electrons. The Balaban J connectivity index is 1.86. The lowest BCUT2D eigenvalue weighted by molar-refractivity contribution is 0.0701. The van der Waals surface area contributed by atoms with Crippen molar-refractivity contribution >= 4 is 5.78 Å². The van der Waals surface area contributed by atoms with Crippen LogP contribution in [-0.2, 0) is 0 Å². The molecule has 1 aromatic carbocycles. The van der Waals surface area contributed by atoms with Crippen molar-refractivity contribution in [2.75, 3.05) is 26.3 Å². The monoisotopic (exact) mass is 275 g/mol. The Morgan fingerprint density at radius 3 is 2.45 bits per heavy atom. The van der Waals surface area contributed by atoms with E-state index in [0.29, 0.717) is 24.5 Å². The van der Waals surface area contributed by atoms with Crippen molar-refractivity contribution in [1.82, 2.24) is 4.90 Å². The Morgan fingerprint density at radius 1 is 1.10 bits per heavy atom. The number of carbonyl (C=O) groups excluding carboxylic acids is 1. The van der Waals surface area contributed by atoms with E-state index in [1.54, 1.807) is 0 Å². The highest BCUT2D eigenvalue weighted by atomic mass is 16.6. The summed E-state index contributed by atoms with van der Waals surface area (Å²) in [7, 11) is 0. The van der Waals surface area contributed by atoms with E-state index in [2.05, 4.69) is 4.90 Å². The van der Waals surface area contributed by atoms with Crippen LogP contribution in [0, 0.1) is 0 Å². The fourth-order valence-electron chi connectivity index (χ4n) is 2.96. The Morgan fingerprint density at radius 2 is 1.75 bits per heavy atom. The fraction of sp³-hybridized carbons (Fsp3) is 0.562. The quantitative estimate of drug-likeness (QED) is 0.795. The largest absolute Gasteiger partial charge is 0.486 e. The number of benzene rings is 1. The van der Waals surface area contributed by atoms with Crippen molar-refractivity contribution in [3.05, 3.63) is 23.8 Å². The molecule has 3 rings (SSSR count). The first-order chi connectivity index (χ1) is 9.59. The first kappa shape index (κ1) is 13.4. The van der Waals surface area contributed by atoms with Crippen LogP contribution in [0.3, 0.4) is 0 Å². The van der Waals surface area contributed by atoms with Crippen LogP contribution in [0.15, 0.2) is 18.2 Å². The molecule has 0 saturated carbocycles.